The Morgan fingerprint density at radius 2 is 1.92 bits per heavy atom. The van der Waals surface area contributed by atoms with Gasteiger partial charge in [-0.05, 0) is 23.8 Å². The lowest BCUT2D eigenvalue weighted by Crippen LogP contribution is -2.30. The lowest BCUT2D eigenvalue weighted by molar-refractivity contribution is -0.114. The number of nitrogens with one attached hydrogen (secondary N) is 1. The Kier molecular flexibility index (Phi) is 5.24. The standard InChI is InChI=1S/C16H15N5O3S2/c1-12(22)18-15-19-20-16(25-15)26(23,24)21(14-7-3-2-4-8-14)11-13-6-5-9-17-10-13/h2-10H,11H2,1H3,(H,18,19,22). The number of sulfonamides is 1. The van der Waals surface area contributed by atoms with Gasteiger partial charge in [-0.3, -0.25) is 14.1 Å². The maximum absolute atomic E-state index is 13.1. The molecule has 1 N–H and O–H groups in total. The minimum atomic E-state index is -3.97. The summed E-state index contributed by atoms with van der Waals surface area (Å²) in [5.41, 5.74) is 1.22. The van der Waals surface area contributed by atoms with Crippen molar-refractivity contribution in [1.29, 1.82) is 0 Å². The normalized spacial score (nSPS) is 11.1. The van der Waals surface area contributed by atoms with Gasteiger partial charge in [0, 0.05) is 19.3 Å². The van der Waals surface area contributed by atoms with E-state index in [0.29, 0.717) is 5.69 Å². The molecule has 0 saturated heterocycles. The monoisotopic (exact) mass is 389 g/mol. The molecule has 1 aromatic carbocycles. The summed E-state index contributed by atoms with van der Waals surface area (Å²) in [6.45, 7) is 1.41. The summed E-state index contributed by atoms with van der Waals surface area (Å²) in [6, 6.07) is 12.2. The Hall–Kier alpha value is -2.85. The first-order chi connectivity index (χ1) is 12.5. The van der Waals surface area contributed by atoms with Gasteiger partial charge in [0.2, 0.25) is 11.0 Å². The van der Waals surface area contributed by atoms with Gasteiger partial charge in [0.25, 0.3) is 14.4 Å². The zero-order chi connectivity index (χ0) is 18.6. The van der Waals surface area contributed by atoms with Crippen molar-refractivity contribution in [1.82, 2.24) is 15.2 Å². The minimum absolute atomic E-state index is 0.0925. The van der Waals surface area contributed by atoms with Gasteiger partial charge in [-0.2, -0.15) is 8.42 Å². The Morgan fingerprint density at radius 1 is 1.15 bits per heavy atom. The largest absolute Gasteiger partial charge is 0.301 e. The van der Waals surface area contributed by atoms with E-state index in [-0.39, 0.29) is 21.9 Å². The SMILES string of the molecule is CC(=O)Nc1nnc(S(=O)(=O)N(Cc2cccnc2)c2ccccc2)s1. The van der Waals surface area contributed by atoms with Crippen molar-refractivity contribution in [3.05, 3.63) is 60.4 Å². The molecule has 0 radical (unpaired) electrons. The van der Waals surface area contributed by atoms with E-state index in [1.165, 1.54) is 11.2 Å². The molecule has 0 atom stereocenters. The first-order valence-electron chi connectivity index (χ1n) is 7.54. The molecule has 0 fully saturated rings. The highest BCUT2D eigenvalue weighted by Crippen LogP contribution is 2.28. The fourth-order valence-electron chi connectivity index (χ4n) is 2.18. The van der Waals surface area contributed by atoms with Crippen LogP contribution in [0.5, 0.6) is 0 Å². The highest BCUT2D eigenvalue weighted by atomic mass is 32.2. The molecule has 10 heteroatoms. The Morgan fingerprint density at radius 3 is 2.58 bits per heavy atom. The first-order valence-corrected chi connectivity index (χ1v) is 9.80. The fourth-order valence-corrected chi connectivity index (χ4v) is 4.68. The number of carbonyl (C=O) groups excluding carboxylic acids is 1. The highest BCUT2D eigenvalue weighted by Gasteiger charge is 2.29. The molecule has 1 amide bonds. The Bertz CT molecular complexity index is 991. The van der Waals surface area contributed by atoms with E-state index in [1.54, 1.807) is 54.9 Å². The van der Waals surface area contributed by atoms with Gasteiger partial charge in [0.05, 0.1) is 12.2 Å². The second kappa shape index (κ2) is 7.58. The molecule has 2 aromatic heterocycles. The van der Waals surface area contributed by atoms with Gasteiger partial charge in [-0.15, -0.1) is 10.2 Å². The Balaban J connectivity index is 1.99. The van der Waals surface area contributed by atoms with Crippen molar-refractivity contribution in [2.45, 2.75) is 17.8 Å². The maximum atomic E-state index is 13.1. The number of carbonyl (C=O) groups is 1. The second-order valence-corrected chi connectivity index (χ2v) is 8.28. The minimum Gasteiger partial charge on any atom is -0.301 e. The molecule has 134 valence electrons. The number of amides is 1. The molecular weight excluding hydrogens is 374 g/mol. The number of aromatic nitrogens is 3. The number of nitrogens with zero attached hydrogens (tertiary/aromatic N) is 4. The molecule has 2 heterocycles. The zero-order valence-corrected chi connectivity index (χ0v) is 15.4. The molecule has 0 unspecified atom stereocenters. The van der Waals surface area contributed by atoms with Crippen LogP contribution in [-0.2, 0) is 21.4 Å². The molecule has 3 aromatic rings. The van der Waals surface area contributed by atoms with Crippen LogP contribution in [0.2, 0.25) is 0 Å². The molecule has 0 spiro atoms. The van der Waals surface area contributed by atoms with E-state index >= 15 is 0 Å². The number of rotatable bonds is 6. The van der Waals surface area contributed by atoms with Crippen molar-refractivity contribution in [3.8, 4) is 0 Å². The topological polar surface area (TPSA) is 105 Å². The van der Waals surface area contributed by atoms with Gasteiger partial charge < -0.3 is 5.32 Å². The smallest absolute Gasteiger partial charge is 0.293 e. The molecule has 0 bridgehead atoms. The highest BCUT2D eigenvalue weighted by molar-refractivity contribution is 7.94. The number of para-hydroxylation sites is 1. The number of pyridine rings is 1. The predicted molar refractivity (Wildman–Crippen MR) is 98.3 cm³/mol. The van der Waals surface area contributed by atoms with Gasteiger partial charge in [0.1, 0.15) is 0 Å². The van der Waals surface area contributed by atoms with E-state index in [2.05, 4.69) is 20.5 Å². The summed E-state index contributed by atoms with van der Waals surface area (Å²) in [4.78, 5) is 15.2. The molecule has 0 aliphatic carbocycles. The van der Waals surface area contributed by atoms with Gasteiger partial charge in [-0.25, -0.2) is 0 Å². The van der Waals surface area contributed by atoms with Gasteiger partial charge >= 0.3 is 0 Å². The van der Waals surface area contributed by atoms with E-state index < -0.39 is 10.0 Å². The van der Waals surface area contributed by atoms with Crippen molar-refractivity contribution >= 4 is 38.1 Å². The van der Waals surface area contributed by atoms with Crippen molar-refractivity contribution in [3.63, 3.8) is 0 Å². The maximum Gasteiger partial charge on any atom is 0.293 e. The van der Waals surface area contributed by atoms with Crippen molar-refractivity contribution in [2.75, 3.05) is 9.62 Å². The Labute approximate surface area is 154 Å². The van der Waals surface area contributed by atoms with Gasteiger partial charge in [-0.1, -0.05) is 35.6 Å². The first kappa shape index (κ1) is 18.0. The third-order valence-electron chi connectivity index (χ3n) is 3.29. The van der Waals surface area contributed by atoms with E-state index in [1.807, 2.05) is 0 Å². The summed E-state index contributed by atoms with van der Waals surface area (Å²) in [5, 5.41) is 10.0. The number of hydrogen-bond donors (Lipinski definition) is 1. The average molecular weight is 389 g/mol. The lowest BCUT2D eigenvalue weighted by atomic mass is 10.2. The van der Waals surface area contributed by atoms with Crippen LogP contribution in [-0.4, -0.2) is 29.5 Å². The molecule has 26 heavy (non-hydrogen) atoms. The van der Waals surface area contributed by atoms with Gasteiger partial charge in [0.15, 0.2) is 0 Å². The van der Waals surface area contributed by atoms with Crippen LogP contribution in [0.4, 0.5) is 10.8 Å². The number of anilines is 2. The summed E-state index contributed by atoms with van der Waals surface area (Å²) in [7, 11) is -3.97. The van der Waals surface area contributed by atoms with Crippen LogP contribution in [0.25, 0.3) is 0 Å². The quantitative estimate of drug-likeness (QED) is 0.649. The van der Waals surface area contributed by atoms with Crippen LogP contribution >= 0.6 is 11.3 Å². The van der Waals surface area contributed by atoms with Crippen molar-refractivity contribution < 1.29 is 13.2 Å². The van der Waals surface area contributed by atoms with E-state index in [0.717, 1.165) is 16.9 Å². The zero-order valence-electron chi connectivity index (χ0n) is 13.7. The summed E-state index contributed by atoms with van der Waals surface area (Å²) in [5.74, 6) is -0.347. The molecule has 0 saturated carbocycles. The third kappa shape index (κ3) is 4.03. The third-order valence-corrected chi connectivity index (χ3v) is 6.25. The van der Waals surface area contributed by atoms with Crippen LogP contribution in [0.3, 0.4) is 0 Å². The summed E-state index contributed by atoms with van der Waals surface area (Å²) >= 11 is 0.802. The predicted octanol–water partition coefficient (Wildman–Crippen LogP) is 2.29. The van der Waals surface area contributed by atoms with Crippen molar-refractivity contribution in [2.24, 2.45) is 0 Å². The fraction of sp³-hybridized carbons (Fsp3) is 0.125. The second-order valence-electron chi connectivity index (χ2n) is 5.26. The van der Waals surface area contributed by atoms with Crippen LogP contribution < -0.4 is 9.62 Å². The number of benzene rings is 1. The average Bonchev–Trinajstić information content (AvgIpc) is 3.10. The van der Waals surface area contributed by atoms with E-state index in [9.17, 15) is 13.2 Å². The van der Waals surface area contributed by atoms with Crippen LogP contribution in [0.1, 0.15) is 12.5 Å². The lowest BCUT2D eigenvalue weighted by Gasteiger charge is -2.22. The summed E-state index contributed by atoms with van der Waals surface area (Å²) < 4.78 is 27.3. The number of hydrogen-bond acceptors (Lipinski definition) is 7. The van der Waals surface area contributed by atoms with Crippen LogP contribution in [0.15, 0.2) is 59.2 Å². The molecule has 0 aliphatic heterocycles. The molecular formula is C16H15N5O3S2. The molecule has 3 rings (SSSR count). The molecule has 0 aliphatic rings. The van der Waals surface area contributed by atoms with Crippen LogP contribution in [0, 0.1) is 0 Å². The van der Waals surface area contributed by atoms with E-state index in [4.69, 9.17) is 0 Å². The molecule has 8 nitrogen and oxygen atoms in total. The summed E-state index contributed by atoms with van der Waals surface area (Å²) in [6.07, 6.45) is 3.23.